The molecule has 4 nitrogen and oxygen atoms in total. The van der Waals surface area contributed by atoms with E-state index in [0.29, 0.717) is 19.8 Å². The van der Waals surface area contributed by atoms with E-state index in [0.717, 1.165) is 10.8 Å². The van der Waals surface area contributed by atoms with Crippen LogP contribution in [0.15, 0.2) is 71.9 Å². The van der Waals surface area contributed by atoms with Crippen LogP contribution in [0.4, 0.5) is 0 Å². The fraction of sp³-hybridized carbons (Fsp3) is 0.222. The molecular weight excluding hydrogens is 306 g/mol. The molecule has 0 amide bonds. The number of benzene rings is 2. The molecule has 3 rings (SSSR count). The molecule has 118 valence electrons. The van der Waals surface area contributed by atoms with Crippen molar-refractivity contribution in [3.63, 3.8) is 0 Å². The number of nitrogens with zero attached hydrogens (tertiary/aromatic N) is 3. The van der Waals surface area contributed by atoms with Gasteiger partial charge in [-0.3, -0.25) is 0 Å². The second-order valence-corrected chi connectivity index (χ2v) is 6.09. The Kier molecular flexibility index (Phi) is 5.83. The van der Waals surface area contributed by atoms with E-state index in [9.17, 15) is 0 Å². The summed E-state index contributed by atoms with van der Waals surface area (Å²) >= 11 is 1.70. The van der Waals surface area contributed by atoms with Crippen LogP contribution in [-0.2, 0) is 23.6 Å². The fourth-order valence-electron chi connectivity index (χ4n) is 2.10. The molecule has 2 aromatic carbocycles. The molecule has 0 saturated heterocycles. The normalized spacial score (nSPS) is 10.8. The molecule has 0 aliphatic carbocycles. The number of thioether (sulfide) groups is 1. The lowest BCUT2D eigenvalue weighted by Gasteiger charge is -2.03. The number of hydrogen-bond acceptors (Lipinski definition) is 4. The van der Waals surface area contributed by atoms with Crippen molar-refractivity contribution in [2.24, 2.45) is 0 Å². The average Bonchev–Trinajstić information content (AvgIpc) is 3.07. The van der Waals surface area contributed by atoms with Gasteiger partial charge >= 0.3 is 0 Å². The predicted octanol–water partition coefficient (Wildman–Crippen LogP) is 3.79. The van der Waals surface area contributed by atoms with E-state index in [-0.39, 0.29) is 0 Å². The van der Waals surface area contributed by atoms with Crippen molar-refractivity contribution in [1.29, 1.82) is 0 Å². The highest BCUT2D eigenvalue weighted by Gasteiger charge is 2.02. The molecule has 0 radical (unpaired) electrons. The lowest BCUT2D eigenvalue weighted by molar-refractivity contribution is 0.107. The van der Waals surface area contributed by atoms with Crippen LogP contribution in [0, 0.1) is 0 Å². The molecule has 3 aromatic rings. The van der Waals surface area contributed by atoms with Crippen LogP contribution in [0.1, 0.15) is 11.1 Å². The Morgan fingerprint density at radius 1 is 0.913 bits per heavy atom. The molecule has 0 unspecified atom stereocenters. The van der Waals surface area contributed by atoms with Gasteiger partial charge in [-0.2, -0.15) is 9.90 Å². The maximum absolute atomic E-state index is 5.65. The van der Waals surface area contributed by atoms with Crippen molar-refractivity contribution in [3.05, 3.63) is 78.0 Å². The quantitative estimate of drug-likeness (QED) is 0.467. The van der Waals surface area contributed by atoms with Gasteiger partial charge in [-0.25, -0.2) is 0 Å². The van der Waals surface area contributed by atoms with Gasteiger partial charge in [0.2, 0.25) is 0 Å². The Hall–Kier alpha value is -2.11. The SMILES string of the molecule is c1ccc(COCCn2ncc(SCc3ccccc3)n2)cc1. The summed E-state index contributed by atoms with van der Waals surface area (Å²) in [6.45, 7) is 1.89. The molecule has 0 bridgehead atoms. The highest BCUT2D eigenvalue weighted by Crippen LogP contribution is 2.19. The van der Waals surface area contributed by atoms with E-state index >= 15 is 0 Å². The zero-order valence-corrected chi connectivity index (χ0v) is 13.7. The molecule has 0 fully saturated rings. The Balaban J connectivity index is 1.39. The first-order valence-electron chi connectivity index (χ1n) is 7.59. The van der Waals surface area contributed by atoms with Gasteiger partial charge in [0.25, 0.3) is 0 Å². The number of aromatic nitrogens is 3. The second-order valence-electron chi connectivity index (χ2n) is 5.09. The molecule has 23 heavy (non-hydrogen) atoms. The fourth-order valence-corrected chi connectivity index (χ4v) is 2.88. The largest absolute Gasteiger partial charge is 0.375 e. The Bertz CT molecular complexity index is 701. The summed E-state index contributed by atoms with van der Waals surface area (Å²) in [5, 5.41) is 9.68. The van der Waals surface area contributed by atoms with Gasteiger partial charge in [0, 0.05) is 5.75 Å². The van der Waals surface area contributed by atoms with Gasteiger partial charge in [-0.1, -0.05) is 72.4 Å². The minimum Gasteiger partial charge on any atom is -0.375 e. The van der Waals surface area contributed by atoms with Gasteiger partial charge in [0.05, 0.1) is 26.0 Å². The molecule has 0 N–H and O–H groups in total. The molecule has 0 atom stereocenters. The van der Waals surface area contributed by atoms with Gasteiger partial charge in [-0.15, -0.1) is 5.10 Å². The summed E-state index contributed by atoms with van der Waals surface area (Å²) in [4.78, 5) is 1.69. The van der Waals surface area contributed by atoms with Crippen LogP contribution < -0.4 is 0 Å². The van der Waals surface area contributed by atoms with E-state index in [1.54, 1.807) is 16.6 Å². The summed E-state index contributed by atoms with van der Waals surface area (Å²) in [7, 11) is 0. The molecule has 5 heteroatoms. The number of ether oxygens (including phenoxy) is 1. The standard InChI is InChI=1S/C18H19N3OS/c1-3-7-16(8-4-1)14-22-12-11-21-19-13-18(20-21)23-15-17-9-5-2-6-10-17/h1-10,13H,11-12,14-15H2. The summed E-state index contributed by atoms with van der Waals surface area (Å²) in [6.07, 6.45) is 1.81. The van der Waals surface area contributed by atoms with E-state index in [1.807, 2.05) is 30.5 Å². The van der Waals surface area contributed by atoms with Crippen molar-refractivity contribution < 1.29 is 4.74 Å². The lowest BCUT2D eigenvalue weighted by Crippen LogP contribution is -2.09. The molecule has 0 spiro atoms. The van der Waals surface area contributed by atoms with Gasteiger partial charge in [0.1, 0.15) is 5.03 Å². The van der Waals surface area contributed by atoms with Gasteiger partial charge < -0.3 is 4.74 Å². The molecule has 1 aromatic heterocycles. The first-order chi connectivity index (χ1) is 11.4. The summed E-state index contributed by atoms with van der Waals surface area (Å²) in [6, 6.07) is 20.5. The monoisotopic (exact) mass is 325 g/mol. The number of hydrogen-bond donors (Lipinski definition) is 0. The highest BCUT2D eigenvalue weighted by atomic mass is 32.2. The molecule has 1 heterocycles. The Morgan fingerprint density at radius 2 is 1.61 bits per heavy atom. The van der Waals surface area contributed by atoms with Crippen molar-refractivity contribution in [3.8, 4) is 0 Å². The zero-order chi connectivity index (χ0) is 15.7. The molecule has 0 aliphatic rings. The summed E-state index contributed by atoms with van der Waals surface area (Å²) < 4.78 is 5.65. The number of rotatable bonds is 8. The predicted molar refractivity (Wildman–Crippen MR) is 92.1 cm³/mol. The van der Waals surface area contributed by atoms with E-state index in [4.69, 9.17) is 4.74 Å². The van der Waals surface area contributed by atoms with Crippen molar-refractivity contribution >= 4 is 11.8 Å². The first kappa shape index (κ1) is 15.8. The Morgan fingerprint density at radius 3 is 2.35 bits per heavy atom. The van der Waals surface area contributed by atoms with Gasteiger partial charge in [0.15, 0.2) is 0 Å². The van der Waals surface area contributed by atoms with E-state index < -0.39 is 0 Å². The second kappa shape index (κ2) is 8.50. The lowest BCUT2D eigenvalue weighted by atomic mass is 10.2. The zero-order valence-electron chi connectivity index (χ0n) is 12.8. The average molecular weight is 325 g/mol. The van der Waals surface area contributed by atoms with E-state index in [1.165, 1.54) is 11.1 Å². The van der Waals surface area contributed by atoms with E-state index in [2.05, 4.69) is 46.6 Å². The maximum Gasteiger partial charge on any atom is 0.139 e. The molecule has 0 saturated carbocycles. The van der Waals surface area contributed by atoms with Crippen LogP contribution in [0.3, 0.4) is 0 Å². The van der Waals surface area contributed by atoms with Crippen molar-refractivity contribution in [2.75, 3.05) is 6.61 Å². The van der Waals surface area contributed by atoms with Gasteiger partial charge in [-0.05, 0) is 11.1 Å². The van der Waals surface area contributed by atoms with Crippen LogP contribution >= 0.6 is 11.8 Å². The Labute approximate surface area is 140 Å². The van der Waals surface area contributed by atoms with Crippen molar-refractivity contribution in [2.45, 2.75) is 23.9 Å². The molecule has 0 aliphatic heterocycles. The van der Waals surface area contributed by atoms with Crippen LogP contribution in [0.2, 0.25) is 0 Å². The summed E-state index contributed by atoms with van der Waals surface area (Å²) in [5.41, 5.74) is 2.47. The summed E-state index contributed by atoms with van der Waals surface area (Å²) in [5.74, 6) is 0.907. The third-order valence-electron chi connectivity index (χ3n) is 3.29. The minimum atomic E-state index is 0.604. The third-order valence-corrected chi connectivity index (χ3v) is 4.25. The van der Waals surface area contributed by atoms with Crippen LogP contribution in [0.5, 0.6) is 0 Å². The first-order valence-corrected chi connectivity index (χ1v) is 8.57. The minimum absolute atomic E-state index is 0.604. The topological polar surface area (TPSA) is 39.9 Å². The maximum atomic E-state index is 5.65. The smallest absolute Gasteiger partial charge is 0.139 e. The van der Waals surface area contributed by atoms with Crippen molar-refractivity contribution in [1.82, 2.24) is 15.0 Å². The highest BCUT2D eigenvalue weighted by molar-refractivity contribution is 7.98. The third kappa shape index (κ3) is 5.23. The molecular formula is C18H19N3OS. The van der Waals surface area contributed by atoms with Crippen LogP contribution in [0.25, 0.3) is 0 Å². The van der Waals surface area contributed by atoms with Crippen LogP contribution in [-0.4, -0.2) is 21.6 Å².